The molecule has 1 fully saturated rings. The summed E-state index contributed by atoms with van der Waals surface area (Å²) in [7, 11) is 0. The van der Waals surface area contributed by atoms with Gasteiger partial charge in [0, 0.05) is 29.7 Å². The predicted octanol–water partition coefficient (Wildman–Crippen LogP) is 3.87. The van der Waals surface area contributed by atoms with Gasteiger partial charge >= 0.3 is 5.97 Å². The molecule has 2 aromatic rings. The molecule has 5 nitrogen and oxygen atoms in total. The number of halogens is 2. The number of carboxylic acid groups (broad SMARTS) is 1. The number of rotatable bonds is 7. The average molecular weight is 424 g/mol. The summed E-state index contributed by atoms with van der Waals surface area (Å²) in [6, 6.07) is 15.0. The Morgan fingerprint density at radius 2 is 1.61 bits per heavy atom. The van der Waals surface area contributed by atoms with Crippen molar-refractivity contribution < 1.29 is 19.7 Å². The normalized spacial score (nSPS) is 20.4. The molecule has 2 aromatic carbocycles. The van der Waals surface area contributed by atoms with E-state index in [-0.39, 0.29) is 6.10 Å². The Balaban J connectivity index is 1.66. The van der Waals surface area contributed by atoms with E-state index >= 15 is 0 Å². The van der Waals surface area contributed by atoms with Crippen molar-refractivity contribution >= 4 is 29.2 Å². The number of hydrogen-bond acceptors (Lipinski definition) is 4. The lowest BCUT2D eigenvalue weighted by molar-refractivity contribution is -0.149. The molecule has 1 saturated heterocycles. The van der Waals surface area contributed by atoms with Gasteiger partial charge < -0.3 is 14.9 Å². The summed E-state index contributed by atoms with van der Waals surface area (Å²) in [6.07, 6.45) is -0.611. The van der Waals surface area contributed by atoms with Crippen molar-refractivity contribution in [2.24, 2.45) is 5.92 Å². The molecule has 0 radical (unpaired) electrons. The number of aliphatic hydroxyl groups is 1. The Hall–Kier alpha value is -1.63. The lowest BCUT2D eigenvalue weighted by Crippen LogP contribution is -2.47. The summed E-state index contributed by atoms with van der Waals surface area (Å²) in [6.45, 7) is 2.00. The highest BCUT2D eigenvalue weighted by Crippen LogP contribution is 2.28. The maximum Gasteiger partial charge on any atom is 0.310 e. The number of carbonyl (C=O) groups is 1. The van der Waals surface area contributed by atoms with Crippen LogP contribution in [0.3, 0.4) is 0 Å². The molecule has 0 aromatic heterocycles. The second-order valence-corrected chi connectivity index (χ2v) is 7.83. The smallest absolute Gasteiger partial charge is 0.310 e. The van der Waals surface area contributed by atoms with E-state index in [1.54, 1.807) is 0 Å². The highest BCUT2D eigenvalue weighted by atomic mass is 35.5. The maximum atomic E-state index is 11.3. The number of aliphatic hydroxyl groups excluding tert-OH is 1. The van der Waals surface area contributed by atoms with Gasteiger partial charge in [-0.2, -0.15) is 0 Å². The van der Waals surface area contributed by atoms with Gasteiger partial charge in [-0.05, 0) is 41.8 Å². The third-order valence-corrected chi connectivity index (χ3v) is 5.52. The van der Waals surface area contributed by atoms with Crippen molar-refractivity contribution in [2.75, 3.05) is 26.2 Å². The molecule has 2 atom stereocenters. The van der Waals surface area contributed by atoms with Crippen LogP contribution in [0.4, 0.5) is 0 Å². The van der Waals surface area contributed by atoms with Gasteiger partial charge in [-0.15, -0.1) is 0 Å². The first-order chi connectivity index (χ1) is 13.4. The molecular weight excluding hydrogens is 401 g/mol. The molecule has 0 unspecified atom stereocenters. The molecule has 0 saturated carbocycles. The zero-order valence-electron chi connectivity index (χ0n) is 15.3. The minimum atomic E-state index is -0.960. The van der Waals surface area contributed by atoms with Crippen LogP contribution in [0.5, 0.6) is 0 Å². The number of hydrogen-bond donors (Lipinski definition) is 2. The van der Waals surface area contributed by atoms with E-state index in [2.05, 4.69) is 0 Å². The van der Waals surface area contributed by atoms with Crippen LogP contribution in [0.25, 0.3) is 0 Å². The summed E-state index contributed by atoms with van der Waals surface area (Å²) in [5.74, 6) is -1.71. The third-order valence-electron chi connectivity index (χ3n) is 5.02. The largest absolute Gasteiger partial charge is 0.481 e. The van der Waals surface area contributed by atoms with E-state index in [4.69, 9.17) is 27.9 Å². The fourth-order valence-corrected chi connectivity index (χ4v) is 3.66. The monoisotopic (exact) mass is 423 g/mol. The molecular formula is C21H23Cl2NO4. The molecule has 1 aliphatic rings. The van der Waals surface area contributed by atoms with Crippen LogP contribution in [0.15, 0.2) is 48.5 Å². The van der Waals surface area contributed by atoms with Crippen LogP contribution < -0.4 is 0 Å². The van der Waals surface area contributed by atoms with E-state index in [1.807, 2.05) is 53.4 Å². The minimum Gasteiger partial charge on any atom is -0.481 e. The molecule has 7 heteroatoms. The Bertz CT molecular complexity index is 736. The highest BCUT2D eigenvalue weighted by Gasteiger charge is 2.32. The van der Waals surface area contributed by atoms with Crippen LogP contribution in [0, 0.1) is 5.92 Å². The SMILES string of the molecule is O=C(O)[C@H]1CN(CCOC(c2ccc(Cl)cc2)c2ccc(Cl)cc2)CC[C@@H]1O. The predicted molar refractivity (Wildman–Crippen MR) is 109 cm³/mol. The summed E-state index contributed by atoms with van der Waals surface area (Å²) in [5.41, 5.74) is 1.95. The van der Waals surface area contributed by atoms with Crippen molar-refractivity contribution in [3.8, 4) is 0 Å². The Labute approximate surface area is 174 Å². The number of likely N-dealkylation sites (tertiary alicyclic amines) is 1. The standard InChI is InChI=1S/C21H23Cl2NO4/c22-16-5-1-14(2-6-16)20(15-3-7-17(23)8-4-15)28-12-11-24-10-9-19(25)18(13-24)21(26)27/h1-8,18-20,25H,9-13H2,(H,26,27)/t18-,19-/m0/s1. The molecule has 3 rings (SSSR count). The van der Waals surface area contributed by atoms with Gasteiger partial charge in [-0.1, -0.05) is 47.5 Å². The molecule has 0 amide bonds. The minimum absolute atomic E-state index is 0.278. The zero-order chi connectivity index (χ0) is 20.1. The average Bonchev–Trinajstić information content (AvgIpc) is 2.68. The fourth-order valence-electron chi connectivity index (χ4n) is 3.41. The molecule has 150 valence electrons. The number of ether oxygens (including phenoxy) is 1. The van der Waals surface area contributed by atoms with Gasteiger partial charge in [0.25, 0.3) is 0 Å². The summed E-state index contributed by atoms with van der Waals surface area (Å²) in [4.78, 5) is 13.3. The van der Waals surface area contributed by atoms with Gasteiger partial charge in [-0.3, -0.25) is 9.69 Å². The molecule has 0 aliphatic carbocycles. The molecule has 0 bridgehead atoms. The number of benzene rings is 2. The molecule has 1 heterocycles. The quantitative estimate of drug-likeness (QED) is 0.707. The van der Waals surface area contributed by atoms with E-state index in [0.717, 1.165) is 11.1 Å². The summed E-state index contributed by atoms with van der Waals surface area (Å²) >= 11 is 12.0. The fraction of sp³-hybridized carbons (Fsp3) is 0.381. The van der Waals surface area contributed by atoms with Crippen molar-refractivity contribution in [1.82, 2.24) is 4.90 Å². The van der Waals surface area contributed by atoms with E-state index < -0.39 is 18.0 Å². The van der Waals surface area contributed by atoms with Crippen LogP contribution in [-0.4, -0.2) is 53.4 Å². The number of nitrogens with zero attached hydrogens (tertiary/aromatic N) is 1. The van der Waals surface area contributed by atoms with Crippen LogP contribution >= 0.6 is 23.2 Å². The van der Waals surface area contributed by atoms with E-state index in [0.29, 0.717) is 42.7 Å². The second-order valence-electron chi connectivity index (χ2n) is 6.96. The number of aliphatic carboxylic acids is 1. The van der Waals surface area contributed by atoms with Crippen molar-refractivity contribution in [3.05, 3.63) is 69.7 Å². The van der Waals surface area contributed by atoms with Crippen LogP contribution in [0.1, 0.15) is 23.7 Å². The first kappa shape index (κ1) is 21.1. The Morgan fingerprint density at radius 1 is 1.07 bits per heavy atom. The van der Waals surface area contributed by atoms with E-state index in [9.17, 15) is 15.0 Å². The number of carboxylic acids is 1. The molecule has 0 spiro atoms. The maximum absolute atomic E-state index is 11.3. The van der Waals surface area contributed by atoms with Crippen molar-refractivity contribution in [1.29, 1.82) is 0 Å². The van der Waals surface area contributed by atoms with Gasteiger partial charge in [0.2, 0.25) is 0 Å². The molecule has 28 heavy (non-hydrogen) atoms. The second kappa shape index (κ2) is 9.72. The lowest BCUT2D eigenvalue weighted by atomic mass is 9.95. The lowest BCUT2D eigenvalue weighted by Gasteiger charge is -2.34. The number of piperidine rings is 1. The molecule has 2 N–H and O–H groups in total. The van der Waals surface area contributed by atoms with Crippen LogP contribution in [0.2, 0.25) is 10.0 Å². The Kier molecular flexibility index (Phi) is 7.32. The summed E-state index contributed by atoms with van der Waals surface area (Å²) in [5, 5.41) is 20.4. The third kappa shape index (κ3) is 5.46. The van der Waals surface area contributed by atoms with Gasteiger partial charge in [0.15, 0.2) is 0 Å². The topological polar surface area (TPSA) is 70.0 Å². The first-order valence-electron chi connectivity index (χ1n) is 9.20. The zero-order valence-corrected chi connectivity index (χ0v) is 16.8. The highest BCUT2D eigenvalue weighted by molar-refractivity contribution is 6.30. The Morgan fingerprint density at radius 3 is 2.11 bits per heavy atom. The van der Waals surface area contributed by atoms with Gasteiger partial charge in [-0.25, -0.2) is 0 Å². The van der Waals surface area contributed by atoms with E-state index in [1.165, 1.54) is 0 Å². The first-order valence-corrected chi connectivity index (χ1v) is 9.95. The van der Waals surface area contributed by atoms with Crippen molar-refractivity contribution in [2.45, 2.75) is 18.6 Å². The van der Waals surface area contributed by atoms with Gasteiger partial charge in [0.1, 0.15) is 6.10 Å². The summed E-state index contributed by atoms with van der Waals surface area (Å²) < 4.78 is 6.18. The van der Waals surface area contributed by atoms with Crippen molar-refractivity contribution in [3.63, 3.8) is 0 Å². The van der Waals surface area contributed by atoms with Gasteiger partial charge in [0.05, 0.1) is 18.6 Å². The van der Waals surface area contributed by atoms with Crippen LogP contribution in [-0.2, 0) is 9.53 Å². The molecule has 1 aliphatic heterocycles.